The van der Waals surface area contributed by atoms with Gasteiger partial charge in [0.2, 0.25) is 10.9 Å². The highest BCUT2D eigenvalue weighted by Crippen LogP contribution is 2.18. The van der Waals surface area contributed by atoms with E-state index in [0.29, 0.717) is 25.3 Å². The number of hydrogen-bond acceptors (Lipinski definition) is 5. The van der Waals surface area contributed by atoms with Gasteiger partial charge >= 0.3 is 0 Å². The van der Waals surface area contributed by atoms with E-state index in [4.69, 9.17) is 0 Å². The van der Waals surface area contributed by atoms with Gasteiger partial charge in [-0.15, -0.1) is 10.2 Å². The minimum absolute atomic E-state index is 0.0675. The van der Waals surface area contributed by atoms with E-state index in [-0.39, 0.29) is 5.91 Å². The molecule has 0 saturated heterocycles. The molecule has 1 atom stereocenters. The molecule has 0 spiro atoms. The number of nitrogens with zero attached hydrogens (tertiary/aromatic N) is 4. The predicted molar refractivity (Wildman–Crippen MR) is 94.2 cm³/mol. The Morgan fingerprint density at radius 1 is 1.29 bits per heavy atom. The number of fused-ring (bicyclic) bond motifs is 1. The van der Waals surface area contributed by atoms with Crippen molar-refractivity contribution in [3.8, 4) is 0 Å². The molecule has 126 valence electrons. The molecule has 1 unspecified atom stereocenters. The Kier molecular flexibility index (Phi) is 5.20. The van der Waals surface area contributed by atoms with E-state index in [0.717, 1.165) is 22.2 Å². The van der Waals surface area contributed by atoms with Gasteiger partial charge in [0.1, 0.15) is 5.01 Å². The third kappa shape index (κ3) is 3.97. The van der Waals surface area contributed by atoms with Crippen LogP contribution in [-0.2, 0) is 11.2 Å². The summed E-state index contributed by atoms with van der Waals surface area (Å²) in [7, 11) is 0. The summed E-state index contributed by atoms with van der Waals surface area (Å²) in [6, 6.07) is 10.4. The highest BCUT2D eigenvalue weighted by molar-refractivity contribution is 7.16. The van der Waals surface area contributed by atoms with Crippen LogP contribution in [-0.4, -0.2) is 32.3 Å². The van der Waals surface area contributed by atoms with Crippen LogP contribution >= 0.6 is 11.3 Å². The number of aryl methyl sites for hydroxylation is 2. The van der Waals surface area contributed by atoms with Gasteiger partial charge in [0.05, 0.1) is 0 Å². The number of nitrogens with one attached hydrogen (secondary N) is 1. The predicted octanol–water partition coefficient (Wildman–Crippen LogP) is 2.74. The molecule has 3 aromatic rings. The molecule has 6 nitrogen and oxygen atoms in total. The first-order chi connectivity index (χ1) is 11.6. The Labute approximate surface area is 144 Å². The number of carbonyl (C=O) groups excluding carboxylic acids is 1. The Balaban J connectivity index is 1.41. The van der Waals surface area contributed by atoms with Gasteiger partial charge in [-0.25, -0.2) is 0 Å². The van der Waals surface area contributed by atoms with Crippen molar-refractivity contribution in [2.24, 2.45) is 0 Å². The van der Waals surface area contributed by atoms with Crippen LogP contribution in [0.15, 0.2) is 30.3 Å². The van der Waals surface area contributed by atoms with Gasteiger partial charge in [-0.3, -0.25) is 4.79 Å². The number of rotatable bonds is 7. The minimum Gasteiger partial charge on any atom is -0.356 e. The highest BCUT2D eigenvalue weighted by Gasteiger charge is 2.11. The monoisotopic (exact) mass is 343 g/mol. The summed E-state index contributed by atoms with van der Waals surface area (Å²) < 4.78 is 1.72. The zero-order chi connectivity index (χ0) is 16.9. The second-order valence-electron chi connectivity index (χ2n) is 5.89. The second kappa shape index (κ2) is 7.53. The fraction of sp³-hybridized carbons (Fsp3) is 0.412. The summed E-state index contributed by atoms with van der Waals surface area (Å²) >= 11 is 1.48. The Bertz CT molecular complexity index is 811. The maximum Gasteiger partial charge on any atom is 0.234 e. The van der Waals surface area contributed by atoms with Crippen molar-refractivity contribution >= 4 is 22.2 Å². The number of carbonyl (C=O) groups is 1. The molecule has 0 saturated carbocycles. The zero-order valence-corrected chi connectivity index (χ0v) is 14.7. The van der Waals surface area contributed by atoms with Crippen molar-refractivity contribution in [1.82, 2.24) is 25.1 Å². The van der Waals surface area contributed by atoms with E-state index in [2.05, 4.69) is 39.7 Å². The third-order valence-electron chi connectivity index (χ3n) is 4.02. The molecule has 0 aliphatic rings. The largest absolute Gasteiger partial charge is 0.356 e. The molecule has 1 aromatic carbocycles. The highest BCUT2D eigenvalue weighted by atomic mass is 32.1. The van der Waals surface area contributed by atoms with E-state index in [9.17, 15) is 4.79 Å². The molecule has 3 rings (SSSR count). The van der Waals surface area contributed by atoms with E-state index in [1.165, 1.54) is 16.9 Å². The van der Waals surface area contributed by atoms with Gasteiger partial charge in [-0.1, -0.05) is 48.6 Å². The van der Waals surface area contributed by atoms with Crippen molar-refractivity contribution in [3.05, 3.63) is 46.7 Å². The van der Waals surface area contributed by atoms with Gasteiger partial charge in [0.25, 0.3) is 0 Å². The van der Waals surface area contributed by atoms with Crippen molar-refractivity contribution in [3.63, 3.8) is 0 Å². The maximum atomic E-state index is 12.0. The van der Waals surface area contributed by atoms with Gasteiger partial charge < -0.3 is 5.32 Å². The van der Waals surface area contributed by atoms with Crippen molar-refractivity contribution in [2.75, 3.05) is 6.54 Å². The summed E-state index contributed by atoms with van der Waals surface area (Å²) in [6.45, 7) is 4.74. The van der Waals surface area contributed by atoms with Crippen LogP contribution in [0.3, 0.4) is 0 Å². The van der Waals surface area contributed by atoms with E-state index in [1.54, 1.807) is 4.52 Å². The molecule has 0 aliphatic heterocycles. The fourth-order valence-electron chi connectivity index (χ4n) is 2.54. The lowest BCUT2D eigenvalue weighted by Gasteiger charge is -2.12. The standard InChI is InChI=1S/C17H21N5OS/c1-12(14-6-4-3-5-7-14)10-11-18-15(23)8-9-16-21-22-13(2)19-20-17(22)24-16/h3-7,12H,8-11H2,1-2H3,(H,18,23). The molecule has 0 bridgehead atoms. The van der Waals surface area contributed by atoms with Crippen LogP contribution in [0, 0.1) is 6.92 Å². The molecule has 0 fully saturated rings. The lowest BCUT2D eigenvalue weighted by Crippen LogP contribution is -2.25. The lowest BCUT2D eigenvalue weighted by molar-refractivity contribution is -0.121. The molecule has 2 heterocycles. The van der Waals surface area contributed by atoms with Gasteiger partial charge in [-0.2, -0.15) is 9.61 Å². The SMILES string of the molecule is Cc1nnc2sc(CCC(=O)NCCC(C)c3ccccc3)nn12. The molecule has 0 aliphatic carbocycles. The van der Waals surface area contributed by atoms with E-state index < -0.39 is 0 Å². The normalized spacial score (nSPS) is 12.4. The Morgan fingerprint density at radius 2 is 2.08 bits per heavy atom. The molecule has 24 heavy (non-hydrogen) atoms. The van der Waals surface area contributed by atoms with Crippen LogP contribution in [0.4, 0.5) is 0 Å². The molecule has 1 amide bonds. The number of benzene rings is 1. The number of hydrogen-bond donors (Lipinski definition) is 1. The average Bonchev–Trinajstić information content (AvgIpc) is 3.15. The topological polar surface area (TPSA) is 72.2 Å². The summed E-state index contributed by atoms with van der Waals surface area (Å²) in [6.07, 6.45) is 2.02. The average molecular weight is 343 g/mol. The first-order valence-corrected chi connectivity index (χ1v) is 8.94. The zero-order valence-electron chi connectivity index (χ0n) is 13.9. The van der Waals surface area contributed by atoms with E-state index >= 15 is 0 Å². The molecular weight excluding hydrogens is 322 g/mol. The molecule has 1 N–H and O–H groups in total. The smallest absolute Gasteiger partial charge is 0.234 e. The van der Waals surface area contributed by atoms with Crippen LogP contribution in [0.25, 0.3) is 4.96 Å². The van der Waals surface area contributed by atoms with Crippen LogP contribution in [0.5, 0.6) is 0 Å². The summed E-state index contributed by atoms with van der Waals surface area (Å²) in [4.78, 5) is 12.8. The lowest BCUT2D eigenvalue weighted by atomic mass is 9.98. The van der Waals surface area contributed by atoms with Crippen molar-refractivity contribution < 1.29 is 4.79 Å². The second-order valence-corrected chi connectivity index (χ2v) is 6.93. The van der Waals surface area contributed by atoms with Gasteiger partial charge in [0.15, 0.2) is 5.82 Å². The van der Waals surface area contributed by atoms with Gasteiger partial charge in [0, 0.05) is 19.4 Å². The molecule has 7 heteroatoms. The number of aromatic nitrogens is 4. The summed E-state index contributed by atoms with van der Waals surface area (Å²) in [5.41, 5.74) is 1.31. The summed E-state index contributed by atoms with van der Waals surface area (Å²) in [5.74, 6) is 1.28. The van der Waals surface area contributed by atoms with Crippen molar-refractivity contribution in [2.45, 2.75) is 39.0 Å². The first-order valence-electron chi connectivity index (χ1n) is 8.13. The van der Waals surface area contributed by atoms with Gasteiger partial charge in [-0.05, 0) is 24.8 Å². The quantitative estimate of drug-likeness (QED) is 0.716. The third-order valence-corrected chi connectivity index (χ3v) is 4.98. The summed E-state index contributed by atoms with van der Waals surface area (Å²) in [5, 5.41) is 16.3. The maximum absolute atomic E-state index is 12.0. The first kappa shape index (κ1) is 16.6. The minimum atomic E-state index is 0.0675. The Morgan fingerprint density at radius 3 is 2.83 bits per heavy atom. The van der Waals surface area contributed by atoms with Crippen molar-refractivity contribution in [1.29, 1.82) is 0 Å². The number of amides is 1. The van der Waals surface area contributed by atoms with Crippen LogP contribution in [0.2, 0.25) is 0 Å². The van der Waals surface area contributed by atoms with E-state index in [1.807, 2.05) is 25.1 Å². The van der Waals surface area contributed by atoms with Crippen LogP contribution < -0.4 is 5.32 Å². The Hall–Kier alpha value is -2.28. The van der Waals surface area contributed by atoms with Crippen LogP contribution in [0.1, 0.15) is 42.1 Å². The fourth-order valence-corrected chi connectivity index (χ4v) is 3.42. The molecule has 2 aromatic heterocycles. The molecular formula is C17H21N5OS. The molecule has 0 radical (unpaired) electrons.